The van der Waals surface area contributed by atoms with Crippen molar-refractivity contribution in [1.82, 2.24) is 4.98 Å². The average Bonchev–Trinajstić information content (AvgIpc) is 2.47. The van der Waals surface area contributed by atoms with E-state index in [0.29, 0.717) is 17.4 Å². The first-order chi connectivity index (χ1) is 10.0. The minimum atomic E-state index is -0.0793. The van der Waals surface area contributed by atoms with Crippen LogP contribution >= 0.6 is 0 Å². The van der Waals surface area contributed by atoms with Crippen LogP contribution in [0, 0.1) is 6.92 Å². The van der Waals surface area contributed by atoms with Crippen LogP contribution in [0.1, 0.15) is 36.6 Å². The number of aromatic nitrogens is 1. The number of aryl methyl sites for hydroxylation is 1. The molecular weight excluding hydrogens is 266 g/mol. The SMILES string of the molecule is Cc1ccc(C(C)C)c(Oc2cccnc2/C(N)=N/O)c1. The molecule has 0 saturated heterocycles. The Morgan fingerprint density at radius 2 is 2.05 bits per heavy atom. The summed E-state index contributed by atoms with van der Waals surface area (Å²) in [5.41, 5.74) is 8.14. The van der Waals surface area contributed by atoms with Crippen LogP contribution in [0.5, 0.6) is 11.5 Å². The molecule has 0 bridgehead atoms. The highest BCUT2D eigenvalue weighted by Crippen LogP contribution is 2.32. The second-order valence-electron chi connectivity index (χ2n) is 5.13. The molecule has 0 aliphatic carbocycles. The zero-order chi connectivity index (χ0) is 15.4. The second kappa shape index (κ2) is 6.26. The fourth-order valence-corrected chi connectivity index (χ4v) is 2.04. The second-order valence-corrected chi connectivity index (χ2v) is 5.13. The molecule has 0 aliphatic heterocycles. The van der Waals surface area contributed by atoms with Crippen molar-refractivity contribution in [2.24, 2.45) is 10.9 Å². The van der Waals surface area contributed by atoms with Crippen molar-refractivity contribution in [3.8, 4) is 11.5 Å². The van der Waals surface area contributed by atoms with Gasteiger partial charge in [-0.1, -0.05) is 31.1 Å². The van der Waals surface area contributed by atoms with E-state index in [0.717, 1.165) is 16.9 Å². The molecule has 2 rings (SSSR count). The monoisotopic (exact) mass is 285 g/mol. The van der Waals surface area contributed by atoms with Crippen LogP contribution in [-0.4, -0.2) is 16.0 Å². The Balaban J connectivity index is 2.46. The minimum absolute atomic E-state index is 0.0793. The lowest BCUT2D eigenvalue weighted by atomic mass is 10.0. The normalized spacial score (nSPS) is 11.7. The maximum atomic E-state index is 8.83. The number of nitrogens with zero attached hydrogens (tertiary/aromatic N) is 2. The van der Waals surface area contributed by atoms with Crippen LogP contribution in [0.3, 0.4) is 0 Å². The molecule has 2 aromatic rings. The van der Waals surface area contributed by atoms with Gasteiger partial charge in [0.1, 0.15) is 5.75 Å². The molecule has 0 aliphatic rings. The van der Waals surface area contributed by atoms with E-state index in [1.54, 1.807) is 18.3 Å². The van der Waals surface area contributed by atoms with Gasteiger partial charge in [0, 0.05) is 6.20 Å². The Morgan fingerprint density at radius 1 is 1.29 bits per heavy atom. The number of amidine groups is 1. The van der Waals surface area contributed by atoms with Gasteiger partial charge in [-0.05, 0) is 42.2 Å². The summed E-state index contributed by atoms with van der Waals surface area (Å²) in [4.78, 5) is 4.10. The van der Waals surface area contributed by atoms with Crippen molar-refractivity contribution in [3.05, 3.63) is 53.3 Å². The summed E-state index contributed by atoms with van der Waals surface area (Å²) in [6.45, 7) is 6.21. The van der Waals surface area contributed by atoms with Crippen molar-refractivity contribution >= 4 is 5.84 Å². The third-order valence-corrected chi connectivity index (χ3v) is 3.13. The number of ether oxygens (including phenoxy) is 1. The summed E-state index contributed by atoms with van der Waals surface area (Å²) in [5, 5.41) is 11.8. The van der Waals surface area contributed by atoms with Gasteiger partial charge in [0.2, 0.25) is 0 Å². The topological polar surface area (TPSA) is 80.7 Å². The standard InChI is InChI=1S/C16H19N3O2/c1-10(2)12-7-6-11(3)9-14(12)21-13-5-4-8-18-15(13)16(17)19-20/h4-10,20H,1-3H3,(H2,17,19). The zero-order valence-electron chi connectivity index (χ0n) is 12.4. The van der Waals surface area contributed by atoms with E-state index >= 15 is 0 Å². The number of rotatable bonds is 4. The van der Waals surface area contributed by atoms with E-state index in [9.17, 15) is 0 Å². The van der Waals surface area contributed by atoms with Gasteiger partial charge in [-0.3, -0.25) is 0 Å². The molecule has 3 N–H and O–H groups in total. The van der Waals surface area contributed by atoms with Crippen LogP contribution in [0.4, 0.5) is 0 Å². The predicted molar refractivity (Wildman–Crippen MR) is 82.1 cm³/mol. The largest absolute Gasteiger partial charge is 0.455 e. The molecule has 0 saturated carbocycles. The van der Waals surface area contributed by atoms with Gasteiger partial charge in [-0.2, -0.15) is 0 Å². The molecule has 21 heavy (non-hydrogen) atoms. The van der Waals surface area contributed by atoms with E-state index in [1.807, 2.05) is 13.0 Å². The summed E-state index contributed by atoms with van der Waals surface area (Å²) >= 11 is 0. The van der Waals surface area contributed by atoms with Crippen molar-refractivity contribution in [3.63, 3.8) is 0 Å². The van der Waals surface area contributed by atoms with Crippen LogP contribution in [0.25, 0.3) is 0 Å². The van der Waals surface area contributed by atoms with Crippen LogP contribution in [0.2, 0.25) is 0 Å². The number of oxime groups is 1. The molecule has 0 amide bonds. The molecule has 0 radical (unpaired) electrons. The molecule has 5 nitrogen and oxygen atoms in total. The number of benzene rings is 1. The third kappa shape index (κ3) is 3.31. The van der Waals surface area contributed by atoms with E-state index < -0.39 is 0 Å². The van der Waals surface area contributed by atoms with Gasteiger partial charge in [-0.25, -0.2) is 4.98 Å². The van der Waals surface area contributed by atoms with E-state index in [4.69, 9.17) is 15.7 Å². The fraction of sp³-hybridized carbons (Fsp3) is 0.250. The molecular formula is C16H19N3O2. The first-order valence-electron chi connectivity index (χ1n) is 6.74. The Bertz CT molecular complexity index is 666. The highest BCUT2D eigenvalue weighted by atomic mass is 16.5. The molecule has 110 valence electrons. The van der Waals surface area contributed by atoms with E-state index in [2.05, 4.69) is 36.1 Å². The lowest BCUT2D eigenvalue weighted by Crippen LogP contribution is -2.16. The first kappa shape index (κ1) is 14.8. The van der Waals surface area contributed by atoms with Gasteiger partial charge in [0.15, 0.2) is 17.3 Å². The van der Waals surface area contributed by atoms with Crippen LogP contribution < -0.4 is 10.5 Å². The van der Waals surface area contributed by atoms with E-state index in [1.165, 1.54) is 0 Å². The van der Waals surface area contributed by atoms with Gasteiger partial charge in [-0.15, -0.1) is 0 Å². The van der Waals surface area contributed by atoms with Crippen LogP contribution in [0.15, 0.2) is 41.7 Å². The Labute approximate surface area is 124 Å². The minimum Gasteiger partial charge on any atom is -0.455 e. The Hall–Kier alpha value is -2.56. The van der Waals surface area contributed by atoms with Gasteiger partial charge < -0.3 is 15.7 Å². The molecule has 1 aromatic carbocycles. The number of nitrogens with two attached hydrogens (primary N) is 1. The highest BCUT2D eigenvalue weighted by molar-refractivity contribution is 5.97. The average molecular weight is 285 g/mol. The van der Waals surface area contributed by atoms with Crippen molar-refractivity contribution in [2.75, 3.05) is 0 Å². The van der Waals surface area contributed by atoms with Gasteiger partial charge in [0.05, 0.1) is 0 Å². The number of hydrogen-bond acceptors (Lipinski definition) is 4. The Kier molecular flexibility index (Phi) is 4.42. The lowest BCUT2D eigenvalue weighted by Gasteiger charge is -2.15. The van der Waals surface area contributed by atoms with Crippen molar-refractivity contribution in [1.29, 1.82) is 0 Å². The Morgan fingerprint density at radius 3 is 2.71 bits per heavy atom. The summed E-state index contributed by atoms with van der Waals surface area (Å²) in [6, 6.07) is 9.56. The zero-order valence-corrected chi connectivity index (χ0v) is 12.4. The first-order valence-corrected chi connectivity index (χ1v) is 6.74. The molecule has 1 aromatic heterocycles. The summed E-state index contributed by atoms with van der Waals surface area (Å²) in [5.74, 6) is 1.46. The van der Waals surface area contributed by atoms with Crippen molar-refractivity contribution < 1.29 is 9.94 Å². The lowest BCUT2D eigenvalue weighted by molar-refractivity contribution is 0.318. The quantitative estimate of drug-likeness (QED) is 0.390. The molecule has 1 heterocycles. The molecule has 0 atom stereocenters. The van der Waals surface area contributed by atoms with Gasteiger partial charge >= 0.3 is 0 Å². The molecule has 0 spiro atoms. The fourth-order valence-electron chi connectivity index (χ4n) is 2.04. The molecule has 0 fully saturated rings. The van der Waals surface area contributed by atoms with Crippen LogP contribution in [-0.2, 0) is 0 Å². The third-order valence-electron chi connectivity index (χ3n) is 3.13. The molecule has 5 heteroatoms. The number of pyridine rings is 1. The number of hydrogen-bond donors (Lipinski definition) is 2. The maximum absolute atomic E-state index is 8.83. The highest BCUT2D eigenvalue weighted by Gasteiger charge is 2.14. The van der Waals surface area contributed by atoms with E-state index in [-0.39, 0.29) is 5.84 Å². The summed E-state index contributed by atoms with van der Waals surface area (Å²) in [6.07, 6.45) is 1.57. The summed E-state index contributed by atoms with van der Waals surface area (Å²) < 4.78 is 5.97. The maximum Gasteiger partial charge on any atom is 0.192 e. The smallest absolute Gasteiger partial charge is 0.192 e. The summed E-state index contributed by atoms with van der Waals surface area (Å²) in [7, 11) is 0. The van der Waals surface area contributed by atoms with Gasteiger partial charge in [0.25, 0.3) is 0 Å². The molecule has 0 unspecified atom stereocenters. The predicted octanol–water partition coefficient (Wildman–Crippen LogP) is 3.40. The van der Waals surface area contributed by atoms with Crippen molar-refractivity contribution in [2.45, 2.75) is 26.7 Å².